The minimum absolute atomic E-state index is 0.0625. The number of sulfonamides is 1. The average Bonchev–Trinajstić information content (AvgIpc) is 2.86. The smallest absolute Gasteiger partial charge is 0.243 e. The van der Waals surface area contributed by atoms with Gasteiger partial charge in [0.25, 0.3) is 0 Å². The van der Waals surface area contributed by atoms with Gasteiger partial charge in [-0.15, -0.1) is 0 Å². The predicted molar refractivity (Wildman–Crippen MR) is 124 cm³/mol. The van der Waals surface area contributed by atoms with Gasteiger partial charge in [0.15, 0.2) is 0 Å². The summed E-state index contributed by atoms with van der Waals surface area (Å²) < 4.78 is 26.7. The molecule has 3 rings (SSSR count). The van der Waals surface area contributed by atoms with E-state index < -0.39 is 10.0 Å². The van der Waals surface area contributed by atoms with E-state index in [2.05, 4.69) is 10.6 Å². The number of hydrogen-bond acceptors (Lipinski definition) is 5. The largest absolute Gasteiger partial charge is 0.354 e. The highest BCUT2D eigenvalue weighted by Crippen LogP contribution is 2.23. The molecule has 1 saturated heterocycles. The molecule has 3 amide bonds. The summed E-state index contributed by atoms with van der Waals surface area (Å²) >= 11 is 0. The summed E-state index contributed by atoms with van der Waals surface area (Å²) in [5.74, 6) is -0.240. The predicted octanol–water partition coefficient (Wildman–Crippen LogP) is 1.11. The molecule has 9 nitrogen and oxygen atoms in total. The first-order valence-corrected chi connectivity index (χ1v) is 13.2. The van der Waals surface area contributed by atoms with Crippen LogP contribution < -0.4 is 10.6 Å². The molecule has 2 fully saturated rings. The lowest BCUT2D eigenvalue weighted by Gasteiger charge is -2.34. The third kappa shape index (κ3) is 7.26. The van der Waals surface area contributed by atoms with Crippen molar-refractivity contribution in [3.63, 3.8) is 0 Å². The fourth-order valence-electron chi connectivity index (χ4n) is 4.28. The summed E-state index contributed by atoms with van der Waals surface area (Å²) in [4.78, 5) is 38.4. The summed E-state index contributed by atoms with van der Waals surface area (Å²) in [6.07, 6.45) is 5.41. The van der Waals surface area contributed by atoms with Gasteiger partial charge < -0.3 is 15.5 Å². The number of benzene rings is 1. The Morgan fingerprint density at radius 3 is 2.15 bits per heavy atom. The molecule has 1 aliphatic carbocycles. The molecule has 1 aromatic carbocycles. The number of carbonyl (C=O) groups is 3. The van der Waals surface area contributed by atoms with Crippen LogP contribution in [0.2, 0.25) is 0 Å². The lowest BCUT2D eigenvalue weighted by atomic mass is 9.89. The first-order chi connectivity index (χ1) is 15.9. The van der Waals surface area contributed by atoms with Crippen molar-refractivity contribution >= 4 is 27.7 Å². The van der Waals surface area contributed by atoms with Crippen LogP contribution in [0.25, 0.3) is 0 Å². The van der Waals surface area contributed by atoms with Crippen LogP contribution in [-0.4, -0.2) is 74.6 Å². The number of amides is 3. The van der Waals surface area contributed by atoms with Gasteiger partial charge in [0.05, 0.1) is 4.90 Å². The van der Waals surface area contributed by atoms with Crippen molar-refractivity contribution in [3.05, 3.63) is 30.3 Å². The quantitative estimate of drug-likeness (QED) is 0.516. The Bertz CT molecular complexity index is 908. The first-order valence-electron chi connectivity index (χ1n) is 11.8. The highest BCUT2D eigenvalue weighted by molar-refractivity contribution is 7.89. The van der Waals surface area contributed by atoms with Crippen LogP contribution >= 0.6 is 0 Å². The standard InChI is InChI=1S/C23H34N4O5S/c28-21(24-13-14-25-23(30)19-7-3-1-4-8-19)11-12-22(29)26-15-17-27(18-16-26)33(31,32)20-9-5-2-6-10-20/h2,5-6,9-10,19H,1,3-4,7-8,11-18H2,(H,24,28)(H,25,30). The van der Waals surface area contributed by atoms with Crippen LogP contribution in [0.3, 0.4) is 0 Å². The van der Waals surface area contributed by atoms with Crippen molar-refractivity contribution in [2.75, 3.05) is 39.3 Å². The fraction of sp³-hybridized carbons (Fsp3) is 0.609. The fourth-order valence-corrected chi connectivity index (χ4v) is 5.73. The number of nitrogens with zero attached hydrogens (tertiary/aromatic N) is 2. The molecule has 0 radical (unpaired) electrons. The first kappa shape index (κ1) is 25.2. The molecule has 1 aliphatic heterocycles. The van der Waals surface area contributed by atoms with E-state index in [1.165, 1.54) is 10.7 Å². The van der Waals surface area contributed by atoms with Gasteiger partial charge in [0.2, 0.25) is 27.7 Å². The van der Waals surface area contributed by atoms with Gasteiger partial charge in [-0.3, -0.25) is 14.4 Å². The molecule has 2 aliphatic rings. The minimum atomic E-state index is -3.56. The summed E-state index contributed by atoms with van der Waals surface area (Å²) in [6, 6.07) is 8.25. The van der Waals surface area contributed by atoms with E-state index in [-0.39, 0.29) is 54.5 Å². The second-order valence-electron chi connectivity index (χ2n) is 8.57. The maximum atomic E-state index is 12.7. The van der Waals surface area contributed by atoms with Crippen LogP contribution in [-0.2, 0) is 24.4 Å². The van der Waals surface area contributed by atoms with Gasteiger partial charge in [-0.1, -0.05) is 37.5 Å². The van der Waals surface area contributed by atoms with Crippen molar-refractivity contribution in [3.8, 4) is 0 Å². The zero-order valence-electron chi connectivity index (χ0n) is 19.0. The number of rotatable bonds is 9. The van der Waals surface area contributed by atoms with Crippen molar-refractivity contribution in [2.45, 2.75) is 49.8 Å². The average molecular weight is 479 g/mol. The maximum Gasteiger partial charge on any atom is 0.243 e. The molecule has 33 heavy (non-hydrogen) atoms. The van der Waals surface area contributed by atoms with E-state index in [9.17, 15) is 22.8 Å². The molecular weight excluding hydrogens is 444 g/mol. The Kier molecular flexibility index (Phi) is 9.25. The molecule has 2 N–H and O–H groups in total. The zero-order chi connectivity index (χ0) is 23.7. The summed E-state index contributed by atoms with van der Waals surface area (Å²) in [7, 11) is -3.56. The molecule has 1 aromatic rings. The van der Waals surface area contributed by atoms with Crippen LogP contribution in [0.1, 0.15) is 44.9 Å². The van der Waals surface area contributed by atoms with E-state index in [0.29, 0.717) is 26.2 Å². The van der Waals surface area contributed by atoms with Crippen molar-refractivity contribution in [1.29, 1.82) is 0 Å². The Labute approximate surface area is 195 Å². The molecule has 182 valence electrons. The lowest BCUT2D eigenvalue weighted by Crippen LogP contribution is -2.50. The maximum absolute atomic E-state index is 12.7. The van der Waals surface area contributed by atoms with Gasteiger partial charge >= 0.3 is 0 Å². The highest BCUT2D eigenvalue weighted by atomic mass is 32.2. The summed E-state index contributed by atoms with van der Waals surface area (Å²) in [6.45, 7) is 1.79. The van der Waals surface area contributed by atoms with Gasteiger partial charge in [-0.25, -0.2) is 8.42 Å². The third-order valence-electron chi connectivity index (χ3n) is 6.26. The summed E-state index contributed by atoms with van der Waals surface area (Å²) in [5.41, 5.74) is 0. The number of hydrogen-bond donors (Lipinski definition) is 2. The Balaban J connectivity index is 1.31. The Hall–Kier alpha value is -2.46. The van der Waals surface area contributed by atoms with Gasteiger partial charge in [0.1, 0.15) is 0 Å². The molecule has 1 heterocycles. The molecular formula is C23H34N4O5S. The van der Waals surface area contributed by atoms with Crippen molar-refractivity contribution < 1.29 is 22.8 Å². The number of piperazine rings is 1. The van der Waals surface area contributed by atoms with Gasteiger partial charge in [-0.2, -0.15) is 4.31 Å². The van der Waals surface area contributed by atoms with Crippen LogP contribution in [0.4, 0.5) is 0 Å². The van der Waals surface area contributed by atoms with E-state index in [1.54, 1.807) is 35.2 Å². The van der Waals surface area contributed by atoms with Crippen molar-refractivity contribution in [2.24, 2.45) is 5.92 Å². The lowest BCUT2D eigenvalue weighted by molar-refractivity contribution is -0.134. The zero-order valence-corrected chi connectivity index (χ0v) is 19.8. The van der Waals surface area contributed by atoms with Crippen LogP contribution in [0.5, 0.6) is 0 Å². The molecule has 0 bridgehead atoms. The van der Waals surface area contributed by atoms with Crippen LogP contribution in [0, 0.1) is 5.92 Å². The topological polar surface area (TPSA) is 116 Å². The second kappa shape index (κ2) is 12.1. The SMILES string of the molecule is O=C(CCC(=O)N1CCN(S(=O)(=O)c2ccccc2)CC1)NCCNC(=O)C1CCCCC1. The highest BCUT2D eigenvalue weighted by Gasteiger charge is 2.30. The molecule has 0 atom stereocenters. The third-order valence-corrected chi connectivity index (χ3v) is 8.17. The molecule has 0 spiro atoms. The van der Waals surface area contributed by atoms with Gasteiger partial charge in [-0.05, 0) is 25.0 Å². The number of nitrogens with one attached hydrogen (secondary N) is 2. The van der Waals surface area contributed by atoms with E-state index >= 15 is 0 Å². The number of carbonyl (C=O) groups excluding carboxylic acids is 3. The van der Waals surface area contributed by atoms with Crippen molar-refractivity contribution in [1.82, 2.24) is 19.8 Å². The van der Waals surface area contributed by atoms with E-state index in [4.69, 9.17) is 0 Å². The Morgan fingerprint density at radius 2 is 1.48 bits per heavy atom. The normalized spacial score (nSPS) is 18.0. The van der Waals surface area contributed by atoms with Crippen LogP contribution in [0.15, 0.2) is 35.2 Å². The monoisotopic (exact) mass is 478 g/mol. The Morgan fingerprint density at radius 1 is 0.848 bits per heavy atom. The van der Waals surface area contributed by atoms with E-state index in [1.807, 2.05) is 0 Å². The minimum Gasteiger partial charge on any atom is -0.354 e. The summed E-state index contributed by atoms with van der Waals surface area (Å²) in [5, 5.41) is 5.60. The molecule has 0 aromatic heterocycles. The second-order valence-corrected chi connectivity index (χ2v) is 10.5. The molecule has 10 heteroatoms. The molecule has 0 unspecified atom stereocenters. The van der Waals surface area contributed by atoms with E-state index in [0.717, 1.165) is 25.7 Å². The molecule has 1 saturated carbocycles. The van der Waals surface area contributed by atoms with Gasteiger partial charge in [0, 0.05) is 58.0 Å².